The van der Waals surface area contributed by atoms with Crippen LogP contribution in [0.25, 0.3) is 0 Å². The van der Waals surface area contributed by atoms with Gasteiger partial charge < -0.3 is 5.32 Å². The van der Waals surface area contributed by atoms with E-state index in [9.17, 15) is 4.79 Å². The highest BCUT2D eigenvalue weighted by atomic mass is 79.9. The van der Waals surface area contributed by atoms with Crippen LogP contribution in [0.3, 0.4) is 0 Å². The van der Waals surface area contributed by atoms with Crippen molar-refractivity contribution in [2.75, 3.05) is 5.32 Å². The molecule has 0 spiro atoms. The lowest BCUT2D eigenvalue weighted by Gasteiger charge is -2.12. The fourth-order valence-electron chi connectivity index (χ4n) is 2.84. The first-order valence-electron chi connectivity index (χ1n) is 6.20. The topological polar surface area (TPSA) is 29.1 Å². The third-order valence-corrected chi connectivity index (χ3v) is 4.91. The third-order valence-electron chi connectivity index (χ3n) is 4.05. The first-order valence-corrected chi connectivity index (χ1v) is 7.00. The van der Waals surface area contributed by atoms with Gasteiger partial charge in [-0.1, -0.05) is 22.0 Å². The molecule has 1 aromatic rings. The summed E-state index contributed by atoms with van der Waals surface area (Å²) in [5, 5.41) is 3.02. The van der Waals surface area contributed by atoms with Crippen molar-refractivity contribution in [2.45, 2.75) is 26.2 Å². The number of benzene rings is 1. The zero-order valence-electron chi connectivity index (χ0n) is 9.87. The Morgan fingerprint density at radius 2 is 2.00 bits per heavy atom. The largest absolute Gasteiger partial charge is 0.326 e. The Hall–Kier alpha value is -0.830. The Morgan fingerprint density at radius 3 is 2.65 bits per heavy atom. The van der Waals surface area contributed by atoms with E-state index in [1.807, 2.05) is 25.1 Å². The van der Waals surface area contributed by atoms with Gasteiger partial charge in [0, 0.05) is 16.1 Å². The van der Waals surface area contributed by atoms with E-state index in [4.69, 9.17) is 0 Å². The molecule has 90 valence electrons. The summed E-state index contributed by atoms with van der Waals surface area (Å²) in [4.78, 5) is 12.1. The van der Waals surface area contributed by atoms with Crippen molar-refractivity contribution in [3.8, 4) is 0 Å². The number of rotatable bonds is 2. The second-order valence-corrected chi connectivity index (χ2v) is 6.23. The summed E-state index contributed by atoms with van der Waals surface area (Å²) in [5.41, 5.74) is 2.08. The molecule has 2 nitrogen and oxygen atoms in total. The van der Waals surface area contributed by atoms with Crippen LogP contribution < -0.4 is 5.32 Å². The maximum absolute atomic E-state index is 12.1. The number of fused-ring (bicyclic) bond motifs is 1. The van der Waals surface area contributed by atoms with Gasteiger partial charge in [0.25, 0.3) is 0 Å². The predicted octanol–water partition coefficient (Wildman–Crippen LogP) is 3.74. The van der Waals surface area contributed by atoms with Crippen LogP contribution in [0.15, 0.2) is 22.7 Å². The molecule has 2 unspecified atom stereocenters. The molecule has 17 heavy (non-hydrogen) atoms. The van der Waals surface area contributed by atoms with Gasteiger partial charge >= 0.3 is 0 Å². The number of carbonyl (C=O) groups excluding carboxylic acids is 1. The highest BCUT2D eigenvalue weighted by Gasteiger charge is 2.47. The molecule has 2 saturated carbocycles. The van der Waals surface area contributed by atoms with E-state index in [1.165, 1.54) is 12.0 Å². The molecule has 2 atom stereocenters. The zero-order valence-corrected chi connectivity index (χ0v) is 11.5. The minimum Gasteiger partial charge on any atom is -0.326 e. The number of carbonyl (C=O) groups is 1. The first-order chi connectivity index (χ1) is 8.13. The highest BCUT2D eigenvalue weighted by Crippen LogP contribution is 2.54. The third kappa shape index (κ3) is 2.25. The van der Waals surface area contributed by atoms with E-state index < -0.39 is 0 Å². The van der Waals surface area contributed by atoms with Crippen molar-refractivity contribution in [1.29, 1.82) is 0 Å². The lowest BCUT2D eigenvalue weighted by molar-refractivity contribution is -0.120. The van der Waals surface area contributed by atoms with Crippen molar-refractivity contribution >= 4 is 27.5 Å². The molecular formula is C14H16BrNO. The van der Waals surface area contributed by atoms with Crippen molar-refractivity contribution in [1.82, 2.24) is 0 Å². The van der Waals surface area contributed by atoms with E-state index in [0.717, 1.165) is 34.8 Å². The van der Waals surface area contributed by atoms with Crippen LogP contribution in [0.5, 0.6) is 0 Å². The fourth-order valence-corrected chi connectivity index (χ4v) is 3.22. The Labute approximate surface area is 110 Å². The van der Waals surface area contributed by atoms with Gasteiger partial charge in [-0.2, -0.15) is 0 Å². The summed E-state index contributed by atoms with van der Waals surface area (Å²) in [6.45, 7) is 2.04. The Balaban J connectivity index is 1.65. The molecule has 0 aliphatic heterocycles. The molecule has 0 aromatic heterocycles. The van der Waals surface area contributed by atoms with Crippen LogP contribution in [0.4, 0.5) is 5.69 Å². The first kappa shape index (κ1) is 11.3. The van der Waals surface area contributed by atoms with Crippen LogP contribution in [0, 0.1) is 24.7 Å². The van der Waals surface area contributed by atoms with Gasteiger partial charge in [-0.3, -0.25) is 4.79 Å². The second kappa shape index (κ2) is 4.13. The average molecular weight is 294 g/mol. The average Bonchev–Trinajstić information content (AvgIpc) is 2.91. The molecule has 1 aromatic carbocycles. The van der Waals surface area contributed by atoms with Gasteiger partial charge in [-0.25, -0.2) is 0 Å². The molecule has 2 fully saturated rings. The van der Waals surface area contributed by atoms with Gasteiger partial charge in [-0.15, -0.1) is 0 Å². The van der Waals surface area contributed by atoms with Crippen LogP contribution in [-0.2, 0) is 4.79 Å². The van der Waals surface area contributed by atoms with Crippen molar-refractivity contribution in [3.63, 3.8) is 0 Å². The molecule has 2 aliphatic rings. The summed E-state index contributed by atoms with van der Waals surface area (Å²) >= 11 is 3.48. The molecule has 0 radical (unpaired) electrons. The van der Waals surface area contributed by atoms with Crippen molar-refractivity contribution < 1.29 is 4.79 Å². The van der Waals surface area contributed by atoms with E-state index in [-0.39, 0.29) is 11.8 Å². The number of halogens is 1. The SMILES string of the molecule is Cc1ccc(NC(=O)C2CC3CC3C2)cc1Br. The predicted molar refractivity (Wildman–Crippen MR) is 71.8 cm³/mol. The van der Waals surface area contributed by atoms with Crippen LogP contribution in [0.1, 0.15) is 24.8 Å². The van der Waals surface area contributed by atoms with Gasteiger partial charge in [0.2, 0.25) is 5.91 Å². The standard InChI is InChI=1S/C14H16BrNO/c1-8-2-3-12(7-13(8)15)16-14(17)11-5-9-4-10(9)6-11/h2-3,7,9-11H,4-6H2,1H3,(H,16,17). The molecule has 1 N–H and O–H groups in total. The number of hydrogen-bond acceptors (Lipinski definition) is 1. The Morgan fingerprint density at radius 1 is 1.29 bits per heavy atom. The van der Waals surface area contributed by atoms with Crippen molar-refractivity contribution in [2.24, 2.45) is 17.8 Å². The number of nitrogens with one attached hydrogen (secondary N) is 1. The summed E-state index contributed by atoms with van der Waals surface area (Å²) in [7, 11) is 0. The van der Waals surface area contributed by atoms with E-state index in [1.54, 1.807) is 0 Å². The maximum atomic E-state index is 12.1. The molecule has 0 bridgehead atoms. The molecule has 0 saturated heterocycles. The van der Waals surface area contributed by atoms with E-state index in [2.05, 4.69) is 21.2 Å². The minimum absolute atomic E-state index is 0.202. The summed E-state index contributed by atoms with van der Waals surface area (Å²) in [6.07, 6.45) is 3.56. The van der Waals surface area contributed by atoms with Gasteiger partial charge in [0.15, 0.2) is 0 Å². The highest BCUT2D eigenvalue weighted by molar-refractivity contribution is 9.10. The zero-order chi connectivity index (χ0) is 12.0. The minimum atomic E-state index is 0.202. The number of aryl methyl sites for hydroxylation is 1. The second-order valence-electron chi connectivity index (χ2n) is 5.38. The van der Waals surface area contributed by atoms with Gasteiger partial charge in [0.1, 0.15) is 0 Å². The maximum Gasteiger partial charge on any atom is 0.227 e. The Kier molecular flexibility index (Phi) is 2.74. The molecule has 0 heterocycles. The number of amides is 1. The monoisotopic (exact) mass is 293 g/mol. The normalized spacial score (nSPS) is 29.9. The van der Waals surface area contributed by atoms with Crippen LogP contribution in [-0.4, -0.2) is 5.91 Å². The quantitative estimate of drug-likeness (QED) is 0.884. The summed E-state index contributed by atoms with van der Waals surface area (Å²) in [5.74, 6) is 2.16. The smallest absolute Gasteiger partial charge is 0.227 e. The number of hydrogen-bond donors (Lipinski definition) is 1. The lowest BCUT2D eigenvalue weighted by Crippen LogP contribution is -2.21. The number of anilines is 1. The molecule has 2 aliphatic carbocycles. The molecule has 3 heteroatoms. The Bertz CT molecular complexity index is 461. The fraction of sp³-hybridized carbons (Fsp3) is 0.500. The van der Waals surface area contributed by atoms with Gasteiger partial charge in [-0.05, 0) is 55.7 Å². The molecule has 1 amide bonds. The van der Waals surface area contributed by atoms with E-state index in [0.29, 0.717) is 0 Å². The van der Waals surface area contributed by atoms with Crippen molar-refractivity contribution in [3.05, 3.63) is 28.2 Å². The lowest BCUT2D eigenvalue weighted by atomic mass is 10.0. The summed E-state index contributed by atoms with van der Waals surface area (Å²) in [6, 6.07) is 5.96. The van der Waals surface area contributed by atoms with Crippen LogP contribution >= 0.6 is 15.9 Å². The van der Waals surface area contributed by atoms with Crippen LogP contribution in [0.2, 0.25) is 0 Å². The van der Waals surface area contributed by atoms with E-state index >= 15 is 0 Å². The summed E-state index contributed by atoms with van der Waals surface area (Å²) < 4.78 is 1.05. The molecular weight excluding hydrogens is 278 g/mol. The van der Waals surface area contributed by atoms with Gasteiger partial charge in [0.05, 0.1) is 0 Å². The molecule has 3 rings (SSSR count).